The number of carbonyl (C=O) groups is 1. The number of nitriles is 1. The van der Waals surface area contributed by atoms with E-state index < -0.39 is 0 Å². The molecule has 2 aliphatic rings. The molecule has 1 aromatic heterocycles. The molecule has 0 aliphatic carbocycles. The van der Waals surface area contributed by atoms with E-state index in [2.05, 4.69) is 16.7 Å². The van der Waals surface area contributed by atoms with Crippen LogP contribution >= 0.6 is 0 Å². The molecule has 3 heterocycles. The van der Waals surface area contributed by atoms with Gasteiger partial charge in [0.15, 0.2) is 5.76 Å². The minimum absolute atomic E-state index is 0.182. The average molecular weight is 307 g/mol. The van der Waals surface area contributed by atoms with Gasteiger partial charge < -0.3 is 15.1 Å². The molecule has 2 aliphatic heterocycles. The molecule has 0 spiro atoms. The molecule has 0 radical (unpaired) electrons. The Hall–Kier alpha value is -2.58. The average Bonchev–Trinajstić information content (AvgIpc) is 3.31. The van der Waals surface area contributed by atoms with Crippen LogP contribution in [0.25, 0.3) is 11.3 Å². The molecule has 2 aromatic rings. The quantitative estimate of drug-likeness (QED) is 0.913. The predicted octanol–water partition coefficient (Wildman–Crippen LogP) is 2.44. The van der Waals surface area contributed by atoms with Gasteiger partial charge in [-0.3, -0.25) is 4.79 Å². The monoisotopic (exact) mass is 307 g/mol. The molecule has 5 heteroatoms. The predicted molar refractivity (Wildman–Crippen MR) is 84.7 cm³/mol. The van der Waals surface area contributed by atoms with Gasteiger partial charge in [0, 0.05) is 23.7 Å². The molecular formula is C18H17N3O2. The number of fused-ring (bicyclic) bond motifs is 2. The summed E-state index contributed by atoms with van der Waals surface area (Å²) in [5.74, 6) is 0.638. The summed E-state index contributed by atoms with van der Waals surface area (Å²) in [6.45, 7) is 0. The Morgan fingerprint density at radius 3 is 2.87 bits per heavy atom. The number of hydrogen-bond acceptors (Lipinski definition) is 4. The molecule has 2 fully saturated rings. The first kappa shape index (κ1) is 14.0. The zero-order chi connectivity index (χ0) is 15.8. The Balaban J connectivity index is 1.51. The Bertz CT molecular complexity index is 790. The van der Waals surface area contributed by atoms with Crippen LogP contribution < -0.4 is 10.6 Å². The zero-order valence-electron chi connectivity index (χ0n) is 12.6. The molecule has 116 valence electrons. The number of amides is 1. The molecule has 0 unspecified atom stereocenters. The van der Waals surface area contributed by atoms with Gasteiger partial charge in [-0.15, -0.1) is 0 Å². The van der Waals surface area contributed by atoms with Crippen LogP contribution in [0.3, 0.4) is 0 Å². The lowest BCUT2D eigenvalue weighted by Gasteiger charge is -2.20. The third-order valence-corrected chi connectivity index (χ3v) is 4.76. The molecule has 23 heavy (non-hydrogen) atoms. The number of nitrogens with one attached hydrogen (secondary N) is 2. The van der Waals surface area contributed by atoms with E-state index in [9.17, 15) is 4.79 Å². The van der Waals surface area contributed by atoms with Crippen LogP contribution in [0, 0.1) is 11.3 Å². The Kier molecular flexibility index (Phi) is 3.40. The first-order valence-electron chi connectivity index (χ1n) is 7.91. The zero-order valence-corrected chi connectivity index (χ0v) is 12.6. The van der Waals surface area contributed by atoms with E-state index in [0.717, 1.165) is 12.8 Å². The molecule has 2 N–H and O–H groups in total. The molecule has 5 nitrogen and oxygen atoms in total. The van der Waals surface area contributed by atoms with Crippen LogP contribution in [-0.4, -0.2) is 24.0 Å². The largest absolute Gasteiger partial charge is 0.451 e. The van der Waals surface area contributed by atoms with Crippen molar-refractivity contribution in [2.24, 2.45) is 0 Å². The molecule has 4 rings (SSSR count). The summed E-state index contributed by atoms with van der Waals surface area (Å²) < 4.78 is 5.68. The summed E-state index contributed by atoms with van der Waals surface area (Å²) in [5.41, 5.74) is 1.24. The number of rotatable bonds is 3. The van der Waals surface area contributed by atoms with Crippen molar-refractivity contribution < 1.29 is 9.21 Å². The van der Waals surface area contributed by atoms with Crippen molar-refractivity contribution in [2.75, 3.05) is 0 Å². The molecule has 0 saturated carbocycles. The van der Waals surface area contributed by atoms with E-state index in [-0.39, 0.29) is 17.7 Å². The van der Waals surface area contributed by atoms with E-state index in [4.69, 9.17) is 9.68 Å². The summed E-state index contributed by atoms with van der Waals surface area (Å²) in [6, 6.07) is 13.9. The van der Waals surface area contributed by atoms with E-state index in [1.165, 1.54) is 6.42 Å². The number of carbonyl (C=O) groups excluding carboxylic acids is 1. The van der Waals surface area contributed by atoms with Crippen molar-refractivity contribution in [3.8, 4) is 17.4 Å². The minimum atomic E-state index is -0.190. The SMILES string of the molecule is N#Cc1ccccc1-c1ccc(C(=O)N[C@@H]2C[C@H]3CC[C@@H]2N3)o1. The number of hydrogen-bond donors (Lipinski definition) is 2. The highest BCUT2D eigenvalue weighted by Gasteiger charge is 2.39. The summed E-state index contributed by atoms with van der Waals surface area (Å²) in [4.78, 5) is 12.4. The normalized spacial score (nSPS) is 25.3. The third-order valence-electron chi connectivity index (χ3n) is 4.76. The molecule has 1 aromatic carbocycles. The van der Waals surface area contributed by atoms with Crippen LogP contribution in [0.1, 0.15) is 35.4 Å². The summed E-state index contributed by atoms with van der Waals surface area (Å²) in [6.07, 6.45) is 3.31. The van der Waals surface area contributed by atoms with Gasteiger partial charge in [-0.2, -0.15) is 5.26 Å². The third kappa shape index (κ3) is 2.51. The van der Waals surface area contributed by atoms with Crippen molar-refractivity contribution >= 4 is 5.91 Å². The van der Waals surface area contributed by atoms with Crippen molar-refractivity contribution in [1.29, 1.82) is 5.26 Å². The molecule has 3 atom stereocenters. The molecule has 2 bridgehead atoms. The van der Waals surface area contributed by atoms with Gasteiger partial charge in [0.1, 0.15) is 5.76 Å². The van der Waals surface area contributed by atoms with Gasteiger partial charge in [0.05, 0.1) is 11.6 Å². The smallest absolute Gasteiger partial charge is 0.287 e. The van der Waals surface area contributed by atoms with E-state index in [0.29, 0.717) is 29.0 Å². The molecule has 1 amide bonds. The second-order valence-corrected chi connectivity index (χ2v) is 6.18. The standard InChI is InChI=1S/C18H17N3O2/c19-10-11-3-1-2-4-13(11)16-7-8-17(23-16)18(22)21-15-9-12-5-6-14(15)20-12/h1-4,7-8,12,14-15,20H,5-6,9H2,(H,21,22)/t12-,14+,15-/m1/s1. The van der Waals surface area contributed by atoms with E-state index >= 15 is 0 Å². The van der Waals surface area contributed by atoms with Crippen LogP contribution in [0.2, 0.25) is 0 Å². The topological polar surface area (TPSA) is 78.1 Å². The fraction of sp³-hybridized carbons (Fsp3) is 0.333. The highest BCUT2D eigenvalue weighted by atomic mass is 16.3. The minimum Gasteiger partial charge on any atom is -0.451 e. The number of furan rings is 1. The highest BCUT2D eigenvalue weighted by Crippen LogP contribution is 2.29. The Morgan fingerprint density at radius 2 is 2.13 bits per heavy atom. The second kappa shape index (κ2) is 5.56. The van der Waals surface area contributed by atoms with Gasteiger partial charge in [-0.1, -0.05) is 12.1 Å². The van der Waals surface area contributed by atoms with Crippen LogP contribution in [-0.2, 0) is 0 Å². The lowest BCUT2D eigenvalue weighted by Crippen LogP contribution is -2.42. The lowest BCUT2D eigenvalue weighted by molar-refractivity contribution is 0.0903. The fourth-order valence-corrected chi connectivity index (χ4v) is 3.62. The maximum absolute atomic E-state index is 12.4. The lowest BCUT2D eigenvalue weighted by atomic mass is 9.95. The maximum Gasteiger partial charge on any atom is 0.287 e. The summed E-state index contributed by atoms with van der Waals surface area (Å²) >= 11 is 0. The van der Waals surface area contributed by atoms with Crippen molar-refractivity contribution in [3.63, 3.8) is 0 Å². The van der Waals surface area contributed by atoms with E-state index in [1.54, 1.807) is 24.3 Å². The second-order valence-electron chi connectivity index (χ2n) is 6.18. The molecular weight excluding hydrogens is 290 g/mol. The molecule has 2 saturated heterocycles. The van der Waals surface area contributed by atoms with E-state index in [1.807, 2.05) is 12.1 Å². The van der Waals surface area contributed by atoms with Gasteiger partial charge >= 0.3 is 0 Å². The van der Waals surface area contributed by atoms with Crippen molar-refractivity contribution in [1.82, 2.24) is 10.6 Å². The highest BCUT2D eigenvalue weighted by molar-refractivity contribution is 5.92. The van der Waals surface area contributed by atoms with Gasteiger partial charge in [0.2, 0.25) is 0 Å². The van der Waals surface area contributed by atoms with Crippen LogP contribution in [0.5, 0.6) is 0 Å². The Labute approximate surface area is 134 Å². The van der Waals surface area contributed by atoms with Crippen LogP contribution in [0.15, 0.2) is 40.8 Å². The maximum atomic E-state index is 12.4. The Morgan fingerprint density at radius 1 is 1.26 bits per heavy atom. The van der Waals surface area contributed by atoms with Crippen LogP contribution in [0.4, 0.5) is 0 Å². The van der Waals surface area contributed by atoms with Crippen molar-refractivity contribution in [2.45, 2.75) is 37.4 Å². The van der Waals surface area contributed by atoms with Gasteiger partial charge in [-0.25, -0.2) is 0 Å². The number of benzene rings is 1. The summed E-state index contributed by atoms with van der Waals surface area (Å²) in [7, 11) is 0. The van der Waals surface area contributed by atoms with Gasteiger partial charge in [-0.05, 0) is 43.5 Å². The first-order chi connectivity index (χ1) is 11.2. The fourth-order valence-electron chi connectivity index (χ4n) is 3.62. The van der Waals surface area contributed by atoms with Crippen molar-refractivity contribution in [3.05, 3.63) is 47.7 Å². The number of nitrogens with zero attached hydrogens (tertiary/aromatic N) is 1. The van der Waals surface area contributed by atoms with Gasteiger partial charge in [0.25, 0.3) is 5.91 Å². The first-order valence-corrected chi connectivity index (χ1v) is 7.91. The summed E-state index contributed by atoms with van der Waals surface area (Å²) in [5, 5.41) is 15.7.